The van der Waals surface area contributed by atoms with Gasteiger partial charge in [-0.2, -0.15) is 4.31 Å². The quantitative estimate of drug-likeness (QED) is 0.551. The molecule has 0 heterocycles. The zero-order valence-electron chi connectivity index (χ0n) is 19.0. The minimum absolute atomic E-state index is 0.132. The van der Waals surface area contributed by atoms with Gasteiger partial charge in [-0.15, -0.1) is 0 Å². The highest BCUT2D eigenvalue weighted by atomic mass is 32.2. The van der Waals surface area contributed by atoms with Crippen molar-refractivity contribution in [1.82, 2.24) is 4.31 Å². The lowest BCUT2D eigenvalue weighted by molar-refractivity contribution is 0.102. The Balaban J connectivity index is 2.06. The Bertz CT molecular complexity index is 1240. The highest BCUT2D eigenvalue weighted by Crippen LogP contribution is 2.31. The summed E-state index contributed by atoms with van der Waals surface area (Å²) < 4.78 is 32.9. The predicted octanol–water partition coefficient (Wildman–Crippen LogP) is 4.20. The van der Waals surface area contributed by atoms with E-state index in [1.807, 2.05) is 49.3 Å². The molecule has 0 unspecified atom stereocenters. The molecule has 0 atom stereocenters. The van der Waals surface area contributed by atoms with Gasteiger partial charge in [0, 0.05) is 27.2 Å². The van der Waals surface area contributed by atoms with E-state index in [1.165, 1.54) is 17.5 Å². The van der Waals surface area contributed by atoms with Crippen LogP contribution in [0.4, 0.5) is 11.4 Å². The standard InChI is InChI=1S/C24H29N3O4S/c1-6-27(7-2)32(29,30)19-12-13-22(26(3)4)21(16-19)25-24(28)20-14-17-10-8-9-11-18(17)15-23(20)31-5/h8-16H,6-7H2,1-5H3,(H,25,28). The average molecular weight is 456 g/mol. The van der Waals surface area contributed by atoms with Crippen LogP contribution in [0.2, 0.25) is 0 Å². The fourth-order valence-corrected chi connectivity index (χ4v) is 5.12. The first-order valence-corrected chi connectivity index (χ1v) is 11.9. The first kappa shape index (κ1) is 23.6. The van der Waals surface area contributed by atoms with Crippen molar-refractivity contribution in [2.75, 3.05) is 44.5 Å². The van der Waals surface area contributed by atoms with Crippen molar-refractivity contribution in [2.45, 2.75) is 18.7 Å². The van der Waals surface area contributed by atoms with Crippen molar-refractivity contribution in [3.05, 3.63) is 60.2 Å². The highest BCUT2D eigenvalue weighted by Gasteiger charge is 2.24. The van der Waals surface area contributed by atoms with Crippen LogP contribution in [-0.2, 0) is 10.0 Å². The fourth-order valence-electron chi connectivity index (χ4n) is 3.63. The molecule has 0 bridgehead atoms. The molecule has 0 spiro atoms. The van der Waals surface area contributed by atoms with Crippen molar-refractivity contribution in [3.63, 3.8) is 0 Å². The summed E-state index contributed by atoms with van der Waals surface area (Å²) in [6, 6.07) is 16.1. The molecule has 1 amide bonds. The Morgan fingerprint density at radius 3 is 2.16 bits per heavy atom. The molecule has 0 aliphatic rings. The number of nitrogens with zero attached hydrogens (tertiary/aromatic N) is 2. The van der Waals surface area contributed by atoms with E-state index >= 15 is 0 Å². The van der Waals surface area contributed by atoms with Gasteiger partial charge in [0.2, 0.25) is 10.0 Å². The number of carbonyl (C=O) groups excluding carboxylic acids is 1. The molecule has 170 valence electrons. The SMILES string of the molecule is CCN(CC)S(=O)(=O)c1ccc(N(C)C)c(NC(=O)c2cc3ccccc3cc2OC)c1. The topological polar surface area (TPSA) is 79.0 Å². The van der Waals surface area contributed by atoms with E-state index in [-0.39, 0.29) is 10.8 Å². The third-order valence-corrected chi connectivity index (χ3v) is 7.40. The zero-order chi connectivity index (χ0) is 23.5. The smallest absolute Gasteiger partial charge is 0.259 e. The van der Waals surface area contributed by atoms with Crippen molar-refractivity contribution < 1.29 is 17.9 Å². The second-order valence-corrected chi connectivity index (χ2v) is 9.45. The Kier molecular flexibility index (Phi) is 7.06. The molecule has 0 saturated heterocycles. The summed E-state index contributed by atoms with van der Waals surface area (Å²) in [6.45, 7) is 4.32. The Hall–Kier alpha value is -3.10. The molecule has 3 aromatic rings. The molecular weight excluding hydrogens is 426 g/mol. The van der Waals surface area contributed by atoms with Crippen LogP contribution in [0.3, 0.4) is 0 Å². The third kappa shape index (κ3) is 4.56. The Labute approximate surface area is 189 Å². The summed E-state index contributed by atoms with van der Waals surface area (Å²) in [5, 5.41) is 4.76. The molecule has 0 saturated carbocycles. The number of rotatable bonds is 8. The number of amides is 1. The maximum atomic E-state index is 13.3. The molecule has 1 N–H and O–H groups in total. The Morgan fingerprint density at radius 1 is 0.969 bits per heavy atom. The van der Waals surface area contributed by atoms with Crippen LogP contribution < -0.4 is 15.0 Å². The van der Waals surface area contributed by atoms with E-state index in [9.17, 15) is 13.2 Å². The molecular formula is C24H29N3O4S. The van der Waals surface area contributed by atoms with Crippen LogP contribution in [0.5, 0.6) is 5.75 Å². The van der Waals surface area contributed by atoms with Gasteiger partial charge in [0.05, 0.1) is 28.9 Å². The van der Waals surface area contributed by atoms with Gasteiger partial charge in [0.1, 0.15) is 5.75 Å². The number of hydrogen-bond donors (Lipinski definition) is 1. The van der Waals surface area contributed by atoms with Gasteiger partial charge in [-0.05, 0) is 41.1 Å². The first-order chi connectivity index (χ1) is 15.2. The first-order valence-electron chi connectivity index (χ1n) is 10.4. The molecule has 0 radical (unpaired) electrons. The number of carbonyl (C=O) groups is 1. The van der Waals surface area contributed by atoms with Crippen molar-refractivity contribution in [1.29, 1.82) is 0 Å². The maximum absolute atomic E-state index is 13.3. The molecule has 8 heteroatoms. The van der Waals surface area contributed by atoms with Gasteiger partial charge in [-0.3, -0.25) is 4.79 Å². The average Bonchev–Trinajstić information content (AvgIpc) is 2.78. The predicted molar refractivity (Wildman–Crippen MR) is 129 cm³/mol. The largest absolute Gasteiger partial charge is 0.496 e. The summed E-state index contributed by atoms with van der Waals surface area (Å²) in [6.07, 6.45) is 0. The summed E-state index contributed by atoms with van der Waals surface area (Å²) >= 11 is 0. The van der Waals surface area contributed by atoms with Gasteiger partial charge in [-0.25, -0.2) is 8.42 Å². The second kappa shape index (κ2) is 9.58. The molecule has 0 aliphatic carbocycles. The number of hydrogen-bond acceptors (Lipinski definition) is 5. The normalized spacial score (nSPS) is 11.6. The van der Waals surface area contributed by atoms with Crippen LogP contribution in [0.25, 0.3) is 10.8 Å². The van der Waals surface area contributed by atoms with Crippen molar-refractivity contribution in [2.24, 2.45) is 0 Å². The molecule has 0 aliphatic heterocycles. The molecule has 0 aromatic heterocycles. The van der Waals surface area contributed by atoms with E-state index in [4.69, 9.17) is 4.74 Å². The number of benzene rings is 3. The summed E-state index contributed by atoms with van der Waals surface area (Å²) in [5.74, 6) is 0.0626. The minimum Gasteiger partial charge on any atom is -0.496 e. The number of sulfonamides is 1. The van der Waals surface area contributed by atoms with Gasteiger partial charge in [-0.1, -0.05) is 38.1 Å². The molecule has 3 rings (SSSR count). The summed E-state index contributed by atoms with van der Waals surface area (Å²) in [4.78, 5) is 15.2. The molecule has 7 nitrogen and oxygen atoms in total. The van der Waals surface area contributed by atoms with Crippen molar-refractivity contribution in [3.8, 4) is 5.75 Å². The number of ether oxygens (including phenoxy) is 1. The van der Waals surface area contributed by atoms with Crippen LogP contribution in [-0.4, -0.2) is 52.9 Å². The van der Waals surface area contributed by atoms with Gasteiger partial charge >= 0.3 is 0 Å². The van der Waals surface area contributed by atoms with E-state index in [1.54, 1.807) is 32.0 Å². The van der Waals surface area contributed by atoms with Crippen LogP contribution in [0.1, 0.15) is 24.2 Å². The number of anilines is 2. The third-order valence-electron chi connectivity index (χ3n) is 5.35. The summed E-state index contributed by atoms with van der Waals surface area (Å²) in [5.41, 5.74) is 1.47. The summed E-state index contributed by atoms with van der Waals surface area (Å²) in [7, 11) is 1.51. The highest BCUT2D eigenvalue weighted by molar-refractivity contribution is 7.89. The fraction of sp³-hybridized carbons (Fsp3) is 0.292. The van der Waals surface area contributed by atoms with E-state index < -0.39 is 10.0 Å². The van der Waals surface area contributed by atoms with E-state index in [0.717, 1.165) is 10.8 Å². The molecule has 0 fully saturated rings. The number of nitrogens with one attached hydrogen (secondary N) is 1. The number of methoxy groups -OCH3 is 1. The van der Waals surface area contributed by atoms with Crippen molar-refractivity contribution >= 4 is 38.1 Å². The Morgan fingerprint density at radius 2 is 1.59 bits per heavy atom. The number of fused-ring (bicyclic) bond motifs is 1. The van der Waals surface area contributed by atoms with E-state index in [2.05, 4.69) is 5.32 Å². The lowest BCUT2D eigenvalue weighted by Gasteiger charge is -2.22. The van der Waals surface area contributed by atoms with Gasteiger partial charge in [0.15, 0.2) is 0 Å². The van der Waals surface area contributed by atoms with Gasteiger partial charge < -0.3 is 15.0 Å². The van der Waals surface area contributed by atoms with E-state index in [0.29, 0.717) is 35.8 Å². The lowest BCUT2D eigenvalue weighted by atomic mass is 10.1. The van der Waals surface area contributed by atoms with Gasteiger partial charge in [0.25, 0.3) is 5.91 Å². The molecule has 3 aromatic carbocycles. The van der Waals surface area contributed by atoms with Crippen LogP contribution >= 0.6 is 0 Å². The lowest BCUT2D eigenvalue weighted by Crippen LogP contribution is -2.30. The molecule has 32 heavy (non-hydrogen) atoms. The van der Waals surface area contributed by atoms with Crippen LogP contribution in [0.15, 0.2) is 59.5 Å². The minimum atomic E-state index is -3.67. The second-order valence-electron chi connectivity index (χ2n) is 7.52. The monoisotopic (exact) mass is 455 g/mol. The zero-order valence-corrected chi connectivity index (χ0v) is 19.9. The maximum Gasteiger partial charge on any atom is 0.259 e. The van der Waals surface area contributed by atoms with Crippen LogP contribution in [0, 0.1) is 0 Å².